The number of ketones is 4. The zero-order valence-corrected chi connectivity index (χ0v) is 16.8. The van der Waals surface area contributed by atoms with Gasteiger partial charge < -0.3 is 10.2 Å². The molecular weight excluding hydrogens is 352 g/mol. The molecule has 0 aromatic rings. The van der Waals surface area contributed by atoms with Gasteiger partial charge in [0.15, 0.2) is 11.6 Å². The zero-order valence-electron chi connectivity index (χ0n) is 15.2. The van der Waals surface area contributed by atoms with Crippen LogP contribution in [0.4, 0.5) is 0 Å². The van der Waals surface area contributed by atoms with Crippen LogP contribution in [0.15, 0.2) is 0 Å². The van der Waals surface area contributed by atoms with Gasteiger partial charge in [0.25, 0.3) is 0 Å². The molecule has 0 atom stereocenters. The molecule has 0 spiro atoms. The van der Waals surface area contributed by atoms with Crippen LogP contribution in [0.5, 0.6) is 0 Å². The Labute approximate surface area is 154 Å². The maximum atomic E-state index is 11.7. The first kappa shape index (κ1) is 27.9. The summed E-state index contributed by atoms with van der Waals surface area (Å²) in [6.45, 7) is 9.30. The third kappa shape index (κ3) is 11.6. The van der Waals surface area contributed by atoms with E-state index in [0.717, 1.165) is 20.4 Å². The van der Waals surface area contributed by atoms with E-state index in [1.807, 2.05) is 0 Å². The Bertz CT molecular complexity index is 422. The van der Waals surface area contributed by atoms with Crippen molar-refractivity contribution in [2.45, 2.75) is 60.0 Å². The monoisotopic (exact) mass is 380 g/mol. The van der Waals surface area contributed by atoms with Crippen molar-refractivity contribution < 1.29 is 53.1 Å². The van der Waals surface area contributed by atoms with Crippen molar-refractivity contribution >= 4 is 23.1 Å². The summed E-state index contributed by atoms with van der Waals surface area (Å²) in [4.78, 5) is 42.7. The summed E-state index contributed by atoms with van der Waals surface area (Å²) in [5.41, 5.74) is -1.37. The maximum absolute atomic E-state index is 11.7. The summed E-state index contributed by atoms with van der Waals surface area (Å²) in [6.07, 6.45) is -0.316. The van der Waals surface area contributed by atoms with Gasteiger partial charge in [-0.1, -0.05) is 27.7 Å². The third-order valence-electron chi connectivity index (χ3n) is 3.24. The van der Waals surface area contributed by atoms with Gasteiger partial charge in [0, 0.05) is 0 Å². The van der Waals surface area contributed by atoms with E-state index in [9.17, 15) is 24.3 Å². The van der Waals surface area contributed by atoms with Gasteiger partial charge >= 0.3 is 23.7 Å². The van der Waals surface area contributed by atoms with Gasteiger partial charge in [0.1, 0.15) is 23.8 Å². The van der Waals surface area contributed by atoms with E-state index in [0.29, 0.717) is 0 Å². The molecule has 0 rings (SSSR count). The Morgan fingerprint density at radius 2 is 1.21 bits per heavy atom. The average molecular weight is 380 g/mol. The molecule has 0 fully saturated rings. The molecular formula is C16H28O7Ti. The Balaban J connectivity index is -0.000000374. The van der Waals surface area contributed by atoms with Crippen LogP contribution in [0.3, 0.4) is 0 Å². The summed E-state index contributed by atoms with van der Waals surface area (Å²) in [7, 11) is 0. The molecule has 2 N–H and O–H groups in total. The number of hydrogen-bond donors (Lipinski definition) is 2. The minimum absolute atomic E-state index is 0.142. The minimum atomic E-state index is -1.37. The standard InChI is InChI=1S/C11H20O3.C5H8O3.O.Ti/c1-7(2)11(14,8(3)4)10(13)6-9(5)12;1-4(7)2-5(8)3-6;;/h7-8,14H,6H2,1-5H3;6H,2-3H2,1H3;;. The van der Waals surface area contributed by atoms with Crippen LogP contribution in [-0.4, -0.2) is 45.6 Å². The average Bonchev–Trinajstić information content (AvgIpc) is 2.46. The van der Waals surface area contributed by atoms with Crippen molar-refractivity contribution in [2.24, 2.45) is 11.8 Å². The molecule has 0 amide bonds. The van der Waals surface area contributed by atoms with E-state index in [1.54, 1.807) is 27.7 Å². The number of carbonyl (C=O) groups excluding carboxylic acids is 4. The normalized spacial score (nSPS) is 10.2. The van der Waals surface area contributed by atoms with Gasteiger partial charge in [-0.25, -0.2) is 0 Å². The first-order chi connectivity index (χ1) is 10.9. The summed E-state index contributed by atoms with van der Waals surface area (Å²) in [5, 5.41) is 18.3. The number of carbonyl (C=O) groups is 4. The Hall–Kier alpha value is -0.886. The van der Waals surface area contributed by atoms with Crippen molar-refractivity contribution in [1.29, 1.82) is 0 Å². The summed E-state index contributed by atoms with van der Waals surface area (Å²) in [5.74, 6) is -1.53. The van der Waals surface area contributed by atoms with Gasteiger partial charge in [0.05, 0.1) is 12.8 Å². The molecule has 8 heteroatoms. The Kier molecular flexibility index (Phi) is 16.8. The van der Waals surface area contributed by atoms with E-state index in [4.69, 9.17) is 8.43 Å². The summed E-state index contributed by atoms with van der Waals surface area (Å²) < 4.78 is 8.25. The molecule has 0 aromatic carbocycles. The molecule has 24 heavy (non-hydrogen) atoms. The molecule has 0 saturated heterocycles. The van der Waals surface area contributed by atoms with Gasteiger partial charge in [-0.15, -0.1) is 0 Å². The van der Waals surface area contributed by atoms with Crippen LogP contribution >= 0.6 is 0 Å². The number of rotatable bonds is 8. The summed E-state index contributed by atoms with van der Waals surface area (Å²) in [6, 6.07) is 0. The van der Waals surface area contributed by atoms with Gasteiger partial charge in [0.2, 0.25) is 0 Å². The van der Waals surface area contributed by atoms with Crippen molar-refractivity contribution in [3.05, 3.63) is 0 Å². The molecule has 0 bridgehead atoms. The van der Waals surface area contributed by atoms with E-state index < -0.39 is 18.0 Å². The fraction of sp³-hybridized carbons (Fsp3) is 0.750. The van der Waals surface area contributed by atoms with Crippen molar-refractivity contribution in [3.8, 4) is 0 Å². The molecule has 0 aromatic heterocycles. The van der Waals surface area contributed by atoms with Crippen LogP contribution in [0, 0.1) is 11.8 Å². The van der Waals surface area contributed by atoms with Crippen LogP contribution in [0.2, 0.25) is 0 Å². The van der Waals surface area contributed by atoms with Crippen molar-refractivity contribution in [2.75, 3.05) is 6.61 Å². The van der Waals surface area contributed by atoms with Gasteiger partial charge in [-0.2, -0.15) is 0 Å². The predicted molar refractivity (Wildman–Crippen MR) is 83.0 cm³/mol. The molecule has 0 radical (unpaired) electrons. The molecule has 0 aliphatic heterocycles. The molecule has 138 valence electrons. The van der Waals surface area contributed by atoms with Gasteiger partial charge in [-0.3, -0.25) is 19.2 Å². The fourth-order valence-electron chi connectivity index (χ4n) is 2.01. The first-order valence-electron chi connectivity index (χ1n) is 7.46. The van der Waals surface area contributed by atoms with Crippen LogP contribution in [-0.2, 0) is 42.9 Å². The third-order valence-corrected chi connectivity index (χ3v) is 3.24. The molecule has 0 aliphatic carbocycles. The molecule has 0 aliphatic rings. The van der Waals surface area contributed by atoms with Crippen LogP contribution < -0.4 is 0 Å². The van der Waals surface area contributed by atoms with Gasteiger partial charge in [-0.05, 0) is 25.7 Å². The second kappa shape index (κ2) is 14.5. The van der Waals surface area contributed by atoms with Crippen LogP contribution in [0.1, 0.15) is 54.4 Å². The topological polar surface area (TPSA) is 126 Å². The zero-order chi connectivity index (χ0) is 20.1. The van der Waals surface area contributed by atoms with Crippen LogP contribution in [0.25, 0.3) is 0 Å². The molecule has 7 nitrogen and oxygen atoms in total. The SMILES string of the molecule is CC(=O)CC(=O)C(O)(C(C)C)C(C)C.CC(=O)CC(=O)CO.[O]=[Ti]. The first-order valence-corrected chi connectivity index (χ1v) is 8.10. The molecule has 0 unspecified atom stereocenters. The van der Waals surface area contributed by atoms with E-state index in [1.165, 1.54) is 13.8 Å². The molecule has 0 heterocycles. The van der Waals surface area contributed by atoms with E-state index >= 15 is 0 Å². The quantitative estimate of drug-likeness (QED) is 0.475. The number of aliphatic hydroxyl groups excluding tert-OH is 1. The Morgan fingerprint density at radius 3 is 1.38 bits per heavy atom. The number of aliphatic hydroxyl groups is 2. The molecule has 0 saturated carbocycles. The van der Waals surface area contributed by atoms with E-state index in [-0.39, 0.29) is 42.0 Å². The number of hydrogen-bond acceptors (Lipinski definition) is 7. The predicted octanol–water partition coefficient (Wildman–Crippen LogP) is 0.983. The van der Waals surface area contributed by atoms with E-state index in [2.05, 4.69) is 0 Å². The fourth-order valence-corrected chi connectivity index (χ4v) is 2.01. The Morgan fingerprint density at radius 1 is 0.875 bits per heavy atom. The van der Waals surface area contributed by atoms with Crippen molar-refractivity contribution in [1.82, 2.24) is 0 Å². The second-order valence-corrected chi connectivity index (χ2v) is 6.01. The van der Waals surface area contributed by atoms with Crippen molar-refractivity contribution in [3.63, 3.8) is 0 Å². The number of Topliss-reactive ketones (excluding diaryl/α,β-unsaturated/α-hetero) is 4. The second-order valence-electron chi connectivity index (χ2n) is 6.01. The summed E-state index contributed by atoms with van der Waals surface area (Å²) >= 11 is 0.750.